The predicted octanol–water partition coefficient (Wildman–Crippen LogP) is 2.79. The second kappa shape index (κ2) is 7.28. The molecule has 0 aromatic heterocycles. The van der Waals surface area contributed by atoms with E-state index in [1.54, 1.807) is 30.3 Å². The van der Waals surface area contributed by atoms with Crippen molar-refractivity contribution in [2.75, 3.05) is 22.4 Å². The minimum absolute atomic E-state index is 0.0793. The van der Waals surface area contributed by atoms with Gasteiger partial charge < -0.3 is 5.32 Å². The third-order valence-electron chi connectivity index (χ3n) is 3.29. The Morgan fingerprint density at radius 1 is 1.09 bits per heavy atom. The number of para-hydroxylation sites is 1. The van der Waals surface area contributed by atoms with Crippen molar-refractivity contribution in [2.45, 2.75) is 13.3 Å². The SMILES string of the molecule is Cc1cccc(NC(=O)CCN(c2ccccc2)S(C)(=O)=O)c1. The first-order valence-corrected chi connectivity index (χ1v) is 9.10. The average molecular weight is 332 g/mol. The molecule has 122 valence electrons. The topological polar surface area (TPSA) is 66.5 Å². The molecule has 5 nitrogen and oxygen atoms in total. The molecule has 0 unspecified atom stereocenters. The molecule has 0 saturated heterocycles. The maximum atomic E-state index is 12.1. The summed E-state index contributed by atoms with van der Waals surface area (Å²) in [6, 6.07) is 16.2. The lowest BCUT2D eigenvalue weighted by Crippen LogP contribution is -2.33. The molecular formula is C17H20N2O3S. The van der Waals surface area contributed by atoms with Gasteiger partial charge in [0.2, 0.25) is 15.9 Å². The number of amides is 1. The van der Waals surface area contributed by atoms with Crippen molar-refractivity contribution in [2.24, 2.45) is 0 Å². The first-order chi connectivity index (χ1) is 10.9. The van der Waals surface area contributed by atoms with Crippen LogP contribution in [0.15, 0.2) is 54.6 Å². The van der Waals surface area contributed by atoms with Crippen LogP contribution in [0.1, 0.15) is 12.0 Å². The lowest BCUT2D eigenvalue weighted by atomic mass is 10.2. The highest BCUT2D eigenvalue weighted by Crippen LogP contribution is 2.17. The van der Waals surface area contributed by atoms with Gasteiger partial charge in [-0.05, 0) is 36.8 Å². The van der Waals surface area contributed by atoms with Crippen LogP contribution in [0.4, 0.5) is 11.4 Å². The van der Waals surface area contributed by atoms with Gasteiger partial charge in [-0.3, -0.25) is 9.10 Å². The predicted molar refractivity (Wildman–Crippen MR) is 93.1 cm³/mol. The quantitative estimate of drug-likeness (QED) is 0.884. The number of nitrogens with one attached hydrogen (secondary N) is 1. The molecule has 23 heavy (non-hydrogen) atoms. The maximum absolute atomic E-state index is 12.1. The van der Waals surface area contributed by atoms with Crippen LogP contribution < -0.4 is 9.62 Å². The zero-order valence-corrected chi connectivity index (χ0v) is 14.0. The van der Waals surface area contributed by atoms with Gasteiger partial charge in [0.05, 0.1) is 11.9 Å². The van der Waals surface area contributed by atoms with Crippen LogP contribution in [0.2, 0.25) is 0 Å². The van der Waals surface area contributed by atoms with E-state index in [0.717, 1.165) is 11.8 Å². The third kappa shape index (κ3) is 5.10. The number of aryl methyl sites for hydroxylation is 1. The molecule has 1 N–H and O–H groups in total. The first-order valence-electron chi connectivity index (χ1n) is 7.25. The number of anilines is 2. The summed E-state index contributed by atoms with van der Waals surface area (Å²) in [5, 5.41) is 2.78. The van der Waals surface area contributed by atoms with E-state index >= 15 is 0 Å². The van der Waals surface area contributed by atoms with Crippen molar-refractivity contribution in [3.05, 3.63) is 60.2 Å². The Bertz CT molecular complexity index is 773. The van der Waals surface area contributed by atoms with Crippen LogP contribution in [0.25, 0.3) is 0 Å². The molecule has 2 aromatic carbocycles. The summed E-state index contributed by atoms with van der Waals surface area (Å²) < 4.78 is 25.1. The van der Waals surface area contributed by atoms with Crippen LogP contribution in [0.3, 0.4) is 0 Å². The number of rotatable bonds is 6. The summed E-state index contributed by atoms with van der Waals surface area (Å²) in [5.74, 6) is -0.222. The average Bonchev–Trinajstić information content (AvgIpc) is 2.47. The molecule has 0 aliphatic rings. The van der Waals surface area contributed by atoms with E-state index in [4.69, 9.17) is 0 Å². The van der Waals surface area contributed by atoms with E-state index in [1.165, 1.54) is 4.31 Å². The molecule has 2 rings (SSSR count). The zero-order valence-electron chi connectivity index (χ0n) is 13.2. The summed E-state index contributed by atoms with van der Waals surface area (Å²) >= 11 is 0. The number of hydrogen-bond acceptors (Lipinski definition) is 3. The molecule has 0 radical (unpaired) electrons. The van der Waals surface area contributed by atoms with E-state index < -0.39 is 10.0 Å². The third-order valence-corrected chi connectivity index (χ3v) is 4.48. The van der Waals surface area contributed by atoms with Gasteiger partial charge >= 0.3 is 0 Å². The van der Waals surface area contributed by atoms with E-state index in [2.05, 4.69) is 5.32 Å². The fourth-order valence-electron chi connectivity index (χ4n) is 2.23. The van der Waals surface area contributed by atoms with Crippen LogP contribution in [0.5, 0.6) is 0 Å². The highest BCUT2D eigenvalue weighted by atomic mass is 32.2. The second-order valence-corrected chi connectivity index (χ2v) is 7.25. The largest absolute Gasteiger partial charge is 0.326 e. The summed E-state index contributed by atoms with van der Waals surface area (Å²) in [7, 11) is -3.44. The van der Waals surface area contributed by atoms with E-state index in [1.807, 2.05) is 31.2 Å². The number of hydrogen-bond donors (Lipinski definition) is 1. The van der Waals surface area contributed by atoms with Crippen LogP contribution >= 0.6 is 0 Å². The standard InChI is InChI=1S/C17H20N2O3S/c1-14-7-6-8-15(13-14)18-17(20)11-12-19(23(2,21)22)16-9-4-3-5-10-16/h3-10,13H,11-12H2,1-2H3,(H,18,20). The van der Waals surface area contributed by atoms with Crippen LogP contribution in [0, 0.1) is 6.92 Å². The Morgan fingerprint density at radius 3 is 2.39 bits per heavy atom. The molecule has 0 spiro atoms. The summed E-state index contributed by atoms with van der Waals surface area (Å²) in [5.41, 5.74) is 2.31. The van der Waals surface area contributed by atoms with Crippen molar-refractivity contribution >= 4 is 27.3 Å². The molecular weight excluding hydrogens is 312 g/mol. The number of sulfonamides is 1. The summed E-state index contributed by atoms with van der Waals surface area (Å²) in [4.78, 5) is 12.1. The van der Waals surface area contributed by atoms with Gasteiger partial charge in [-0.2, -0.15) is 0 Å². The zero-order chi connectivity index (χ0) is 16.9. The van der Waals surface area contributed by atoms with Crippen molar-refractivity contribution in [3.8, 4) is 0 Å². The van der Waals surface area contributed by atoms with E-state index in [9.17, 15) is 13.2 Å². The minimum Gasteiger partial charge on any atom is -0.326 e. The van der Waals surface area contributed by atoms with Crippen molar-refractivity contribution in [1.82, 2.24) is 0 Å². The number of carbonyl (C=O) groups is 1. The van der Waals surface area contributed by atoms with Gasteiger partial charge in [0, 0.05) is 18.7 Å². The number of benzene rings is 2. The van der Waals surface area contributed by atoms with Gasteiger partial charge in [-0.1, -0.05) is 30.3 Å². The van der Waals surface area contributed by atoms with Crippen molar-refractivity contribution in [3.63, 3.8) is 0 Å². The van der Waals surface area contributed by atoms with E-state index in [-0.39, 0.29) is 18.9 Å². The second-order valence-electron chi connectivity index (χ2n) is 5.34. The molecule has 0 fully saturated rings. The first kappa shape index (κ1) is 17.0. The van der Waals surface area contributed by atoms with E-state index in [0.29, 0.717) is 11.4 Å². The normalized spacial score (nSPS) is 11.0. The molecule has 0 atom stereocenters. The van der Waals surface area contributed by atoms with Crippen LogP contribution in [-0.2, 0) is 14.8 Å². The molecule has 1 amide bonds. The molecule has 2 aromatic rings. The monoisotopic (exact) mass is 332 g/mol. The maximum Gasteiger partial charge on any atom is 0.232 e. The van der Waals surface area contributed by atoms with Gasteiger partial charge in [-0.25, -0.2) is 8.42 Å². The minimum atomic E-state index is -3.44. The molecule has 0 heterocycles. The highest BCUT2D eigenvalue weighted by Gasteiger charge is 2.18. The molecule has 6 heteroatoms. The molecule has 0 bridgehead atoms. The Balaban J connectivity index is 2.03. The summed E-state index contributed by atoms with van der Waals surface area (Å²) in [6.07, 6.45) is 1.22. The van der Waals surface area contributed by atoms with Crippen LogP contribution in [-0.4, -0.2) is 27.1 Å². The van der Waals surface area contributed by atoms with Crippen molar-refractivity contribution in [1.29, 1.82) is 0 Å². The Labute approximate surface area is 137 Å². The Hall–Kier alpha value is -2.34. The lowest BCUT2D eigenvalue weighted by Gasteiger charge is -2.22. The van der Waals surface area contributed by atoms with Gasteiger partial charge in [0.15, 0.2) is 0 Å². The fourth-order valence-corrected chi connectivity index (χ4v) is 3.16. The molecule has 0 aliphatic carbocycles. The van der Waals surface area contributed by atoms with Gasteiger partial charge in [0.1, 0.15) is 0 Å². The molecule has 0 aliphatic heterocycles. The fraction of sp³-hybridized carbons (Fsp3) is 0.235. The number of nitrogens with zero attached hydrogens (tertiary/aromatic N) is 1. The smallest absolute Gasteiger partial charge is 0.232 e. The Kier molecular flexibility index (Phi) is 5.39. The van der Waals surface area contributed by atoms with Crippen molar-refractivity contribution < 1.29 is 13.2 Å². The Morgan fingerprint density at radius 2 is 1.78 bits per heavy atom. The van der Waals surface area contributed by atoms with Gasteiger partial charge in [-0.15, -0.1) is 0 Å². The van der Waals surface area contributed by atoms with Gasteiger partial charge in [0.25, 0.3) is 0 Å². The number of carbonyl (C=O) groups excluding carboxylic acids is 1. The highest BCUT2D eigenvalue weighted by molar-refractivity contribution is 7.92. The molecule has 0 saturated carbocycles. The lowest BCUT2D eigenvalue weighted by molar-refractivity contribution is -0.116. The summed E-state index contributed by atoms with van der Waals surface area (Å²) in [6.45, 7) is 2.04.